The van der Waals surface area contributed by atoms with Gasteiger partial charge in [-0.05, 0) is 53.1 Å². The molecule has 0 amide bonds. The summed E-state index contributed by atoms with van der Waals surface area (Å²) in [4.78, 5) is 0. The van der Waals surface area contributed by atoms with Crippen LogP contribution in [0.1, 0.15) is 31.2 Å². The molecule has 26 heavy (non-hydrogen) atoms. The van der Waals surface area contributed by atoms with E-state index >= 15 is 0 Å². The molecule has 1 aromatic carbocycles. The molecule has 2 aromatic heterocycles. The van der Waals surface area contributed by atoms with Crippen molar-refractivity contribution in [2.45, 2.75) is 31.1 Å². The third-order valence-electron chi connectivity index (χ3n) is 5.39. The SMILES string of the molecule is c1cc2c(cc1C1(CNc3ccc4nnnn4n3)CCCC1)OCCO2. The molecule has 1 fully saturated rings. The number of rotatable bonds is 4. The van der Waals surface area contributed by atoms with Crippen molar-refractivity contribution in [3.63, 3.8) is 0 Å². The molecule has 1 saturated carbocycles. The number of fused-ring (bicyclic) bond motifs is 2. The van der Waals surface area contributed by atoms with Gasteiger partial charge in [0.05, 0.1) is 0 Å². The van der Waals surface area contributed by atoms with Crippen LogP contribution in [-0.2, 0) is 5.41 Å². The van der Waals surface area contributed by atoms with E-state index in [4.69, 9.17) is 9.47 Å². The third kappa shape index (κ3) is 2.61. The van der Waals surface area contributed by atoms with Crippen LogP contribution >= 0.6 is 0 Å². The lowest BCUT2D eigenvalue weighted by atomic mass is 9.78. The van der Waals surface area contributed by atoms with Crippen molar-refractivity contribution in [2.75, 3.05) is 25.1 Å². The minimum absolute atomic E-state index is 0.0765. The molecule has 1 aliphatic carbocycles. The second kappa shape index (κ2) is 6.12. The van der Waals surface area contributed by atoms with Crippen molar-refractivity contribution in [2.24, 2.45) is 0 Å². The molecule has 5 rings (SSSR count). The zero-order chi connectivity index (χ0) is 17.4. The van der Waals surface area contributed by atoms with Gasteiger partial charge in [0.1, 0.15) is 19.0 Å². The van der Waals surface area contributed by atoms with Crippen molar-refractivity contribution >= 4 is 11.5 Å². The zero-order valence-corrected chi connectivity index (χ0v) is 14.4. The number of ether oxygens (including phenoxy) is 2. The minimum atomic E-state index is 0.0765. The Bertz CT molecular complexity index is 934. The summed E-state index contributed by atoms with van der Waals surface area (Å²) in [5.41, 5.74) is 2.01. The van der Waals surface area contributed by atoms with Crippen LogP contribution in [0.25, 0.3) is 5.65 Å². The van der Waals surface area contributed by atoms with Gasteiger partial charge in [0.15, 0.2) is 17.1 Å². The molecule has 0 radical (unpaired) electrons. The number of anilines is 1. The predicted molar refractivity (Wildman–Crippen MR) is 94.6 cm³/mol. The molecule has 1 N–H and O–H groups in total. The fourth-order valence-electron chi connectivity index (χ4n) is 4.00. The number of aromatic nitrogens is 5. The molecule has 134 valence electrons. The van der Waals surface area contributed by atoms with Crippen LogP contribution in [-0.4, -0.2) is 45.0 Å². The Morgan fingerprint density at radius 3 is 2.77 bits per heavy atom. The van der Waals surface area contributed by atoms with Crippen LogP contribution in [0.5, 0.6) is 11.5 Å². The zero-order valence-electron chi connectivity index (χ0n) is 14.4. The summed E-state index contributed by atoms with van der Waals surface area (Å²) in [5, 5.41) is 19.3. The summed E-state index contributed by atoms with van der Waals surface area (Å²) in [6.07, 6.45) is 4.75. The molecule has 8 nitrogen and oxygen atoms in total. The normalized spacial score (nSPS) is 18.2. The molecule has 0 spiro atoms. The van der Waals surface area contributed by atoms with Gasteiger partial charge in [0, 0.05) is 12.0 Å². The fraction of sp³-hybridized carbons (Fsp3) is 0.444. The average Bonchev–Trinajstić information content (AvgIpc) is 3.35. The first-order chi connectivity index (χ1) is 12.8. The molecule has 0 atom stereocenters. The average molecular weight is 352 g/mol. The van der Waals surface area contributed by atoms with Gasteiger partial charge in [-0.2, -0.15) is 0 Å². The quantitative estimate of drug-likeness (QED) is 0.770. The maximum atomic E-state index is 5.79. The van der Waals surface area contributed by atoms with E-state index in [1.165, 1.54) is 23.0 Å². The smallest absolute Gasteiger partial charge is 0.200 e. The van der Waals surface area contributed by atoms with E-state index in [2.05, 4.69) is 38.1 Å². The summed E-state index contributed by atoms with van der Waals surface area (Å²) < 4.78 is 12.9. The molecule has 0 bridgehead atoms. The lowest BCUT2D eigenvalue weighted by molar-refractivity contribution is 0.171. The van der Waals surface area contributed by atoms with E-state index in [0.29, 0.717) is 18.9 Å². The highest BCUT2D eigenvalue weighted by Crippen LogP contribution is 2.44. The first kappa shape index (κ1) is 15.4. The van der Waals surface area contributed by atoms with Crippen LogP contribution in [0.4, 0.5) is 5.82 Å². The van der Waals surface area contributed by atoms with Gasteiger partial charge in [0.25, 0.3) is 0 Å². The summed E-state index contributed by atoms with van der Waals surface area (Å²) in [7, 11) is 0. The van der Waals surface area contributed by atoms with Crippen LogP contribution < -0.4 is 14.8 Å². The van der Waals surface area contributed by atoms with Gasteiger partial charge in [-0.1, -0.05) is 18.9 Å². The van der Waals surface area contributed by atoms with E-state index in [-0.39, 0.29) is 5.41 Å². The third-order valence-corrected chi connectivity index (χ3v) is 5.39. The predicted octanol–water partition coefficient (Wildman–Crippen LogP) is 2.21. The van der Waals surface area contributed by atoms with Crippen LogP contribution in [0.2, 0.25) is 0 Å². The monoisotopic (exact) mass is 352 g/mol. The van der Waals surface area contributed by atoms with E-state index < -0.39 is 0 Å². The number of nitrogens with one attached hydrogen (secondary N) is 1. The van der Waals surface area contributed by atoms with Gasteiger partial charge >= 0.3 is 0 Å². The van der Waals surface area contributed by atoms with Gasteiger partial charge in [-0.3, -0.25) is 0 Å². The van der Waals surface area contributed by atoms with E-state index in [1.807, 2.05) is 18.2 Å². The number of benzene rings is 1. The molecular weight excluding hydrogens is 332 g/mol. The molecule has 3 heterocycles. The van der Waals surface area contributed by atoms with Gasteiger partial charge in [-0.15, -0.1) is 14.8 Å². The molecular formula is C18H20N6O2. The Hall–Kier alpha value is -2.90. The first-order valence-electron chi connectivity index (χ1n) is 9.02. The Morgan fingerprint density at radius 2 is 1.88 bits per heavy atom. The lowest BCUT2D eigenvalue weighted by Gasteiger charge is -2.31. The molecule has 3 aromatic rings. The lowest BCUT2D eigenvalue weighted by Crippen LogP contribution is -2.32. The maximum absolute atomic E-state index is 5.79. The van der Waals surface area contributed by atoms with E-state index in [0.717, 1.165) is 36.7 Å². The number of hydrogen-bond donors (Lipinski definition) is 1. The molecule has 0 unspecified atom stereocenters. The number of hydrogen-bond acceptors (Lipinski definition) is 7. The van der Waals surface area contributed by atoms with Crippen molar-refractivity contribution in [1.82, 2.24) is 25.3 Å². The molecule has 2 aliphatic rings. The Labute approximate surface area is 150 Å². The molecule has 1 aliphatic heterocycles. The van der Waals surface area contributed by atoms with Crippen molar-refractivity contribution < 1.29 is 9.47 Å². The fourth-order valence-corrected chi connectivity index (χ4v) is 4.00. The highest BCUT2D eigenvalue weighted by molar-refractivity contribution is 5.48. The Balaban J connectivity index is 1.41. The topological polar surface area (TPSA) is 86.5 Å². The highest BCUT2D eigenvalue weighted by Gasteiger charge is 2.36. The number of nitrogens with zero attached hydrogens (tertiary/aromatic N) is 5. The summed E-state index contributed by atoms with van der Waals surface area (Å²) >= 11 is 0. The minimum Gasteiger partial charge on any atom is -0.486 e. The molecule has 0 saturated heterocycles. The second-order valence-electron chi connectivity index (χ2n) is 6.94. The Kier molecular flexibility index (Phi) is 3.62. The second-order valence-corrected chi connectivity index (χ2v) is 6.94. The van der Waals surface area contributed by atoms with Gasteiger partial charge < -0.3 is 14.8 Å². The maximum Gasteiger partial charge on any atom is 0.200 e. The van der Waals surface area contributed by atoms with Gasteiger partial charge in [0.2, 0.25) is 0 Å². The summed E-state index contributed by atoms with van der Waals surface area (Å²) in [6, 6.07) is 10.1. The largest absolute Gasteiger partial charge is 0.486 e. The highest BCUT2D eigenvalue weighted by atomic mass is 16.6. The molecule has 8 heteroatoms. The summed E-state index contributed by atoms with van der Waals surface area (Å²) in [5.74, 6) is 2.47. The van der Waals surface area contributed by atoms with Crippen molar-refractivity contribution in [3.8, 4) is 11.5 Å². The van der Waals surface area contributed by atoms with Crippen LogP contribution in [0.3, 0.4) is 0 Å². The standard InChI is InChI=1S/C18H20N6O2/c1-2-8-18(7-1,13-3-4-14-15(11-13)26-10-9-25-14)12-19-16-5-6-17-20-22-23-24(17)21-16/h3-6,11H,1-2,7-10,12H2,(H,19,21). The van der Waals surface area contributed by atoms with Crippen LogP contribution in [0, 0.1) is 0 Å². The van der Waals surface area contributed by atoms with Crippen LogP contribution in [0.15, 0.2) is 30.3 Å². The van der Waals surface area contributed by atoms with Gasteiger partial charge in [-0.25, -0.2) is 0 Å². The van der Waals surface area contributed by atoms with Crippen molar-refractivity contribution in [3.05, 3.63) is 35.9 Å². The van der Waals surface area contributed by atoms with E-state index in [9.17, 15) is 0 Å². The first-order valence-corrected chi connectivity index (χ1v) is 9.02. The number of tetrazole rings is 1. The van der Waals surface area contributed by atoms with Crippen molar-refractivity contribution in [1.29, 1.82) is 0 Å². The van der Waals surface area contributed by atoms with E-state index in [1.54, 1.807) is 0 Å². The summed E-state index contributed by atoms with van der Waals surface area (Å²) in [6.45, 7) is 2.04. The Morgan fingerprint density at radius 1 is 1.04 bits per heavy atom.